The zero-order valence-electron chi connectivity index (χ0n) is 21.1. The van der Waals surface area contributed by atoms with Crippen molar-refractivity contribution in [2.45, 2.75) is 51.3 Å². The van der Waals surface area contributed by atoms with E-state index in [0.29, 0.717) is 6.61 Å². The summed E-state index contributed by atoms with van der Waals surface area (Å²) in [6, 6.07) is 30.7. The number of hydrogen-bond acceptors (Lipinski definition) is 3. The number of carbonyl (C=O) groups is 1. The first kappa shape index (κ1) is 26.5. The molecule has 0 aliphatic heterocycles. The molecule has 0 aliphatic rings. The Kier molecular flexibility index (Phi) is 9.46. The van der Waals surface area contributed by atoms with E-state index in [0.717, 1.165) is 18.4 Å². The van der Waals surface area contributed by atoms with Crippen LogP contribution in [0.1, 0.15) is 39.2 Å². The summed E-state index contributed by atoms with van der Waals surface area (Å²) < 4.78 is 12.3. The molecule has 184 valence electrons. The molecule has 0 saturated heterocycles. The van der Waals surface area contributed by atoms with Crippen LogP contribution < -0.4 is 15.7 Å². The summed E-state index contributed by atoms with van der Waals surface area (Å²) in [4.78, 5) is 12.3. The van der Waals surface area contributed by atoms with Gasteiger partial charge in [0.15, 0.2) is 0 Å². The Morgan fingerprint density at radius 1 is 0.914 bits per heavy atom. The molecule has 3 rings (SSSR count). The Morgan fingerprint density at radius 2 is 1.43 bits per heavy atom. The summed E-state index contributed by atoms with van der Waals surface area (Å²) in [6.07, 6.45) is 2.83. The van der Waals surface area contributed by atoms with Gasteiger partial charge in [0, 0.05) is 6.61 Å². The molecule has 5 heteroatoms. The average Bonchev–Trinajstić information content (AvgIpc) is 2.87. The van der Waals surface area contributed by atoms with E-state index in [-0.39, 0.29) is 17.7 Å². The first-order chi connectivity index (χ1) is 16.9. The van der Waals surface area contributed by atoms with Crippen molar-refractivity contribution in [3.63, 3.8) is 0 Å². The van der Waals surface area contributed by atoms with Gasteiger partial charge in [-0.05, 0) is 33.8 Å². The van der Waals surface area contributed by atoms with Crippen molar-refractivity contribution in [2.75, 3.05) is 6.61 Å². The largest absolute Gasteiger partial charge is 0.445 e. The average molecular weight is 488 g/mol. The highest BCUT2D eigenvalue weighted by Crippen LogP contribution is 2.36. The lowest BCUT2D eigenvalue weighted by molar-refractivity contribution is 0.136. The number of alkyl carbamates (subject to hydrolysis) is 1. The van der Waals surface area contributed by atoms with Crippen LogP contribution in [0, 0.1) is 0 Å². The number of benzene rings is 3. The van der Waals surface area contributed by atoms with Gasteiger partial charge >= 0.3 is 6.09 Å². The van der Waals surface area contributed by atoms with Crippen LogP contribution in [0.2, 0.25) is 5.04 Å². The molecule has 0 unspecified atom stereocenters. The minimum atomic E-state index is -2.55. The van der Waals surface area contributed by atoms with Gasteiger partial charge in [-0.1, -0.05) is 118 Å². The van der Waals surface area contributed by atoms with Crippen molar-refractivity contribution in [3.8, 4) is 0 Å². The van der Waals surface area contributed by atoms with Gasteiger partial charge < -0.3 is 14.5 Å². The first-order valence-electron chi connectivity index (χ1n) is 12.2. The highest BCUT2D eigenvalue weighted by molar-refractivity contribution is 6.99. The third kappa shape index (κ3) is 6.93. The molecule has 1 amide bonds. The van der Waals surface area contributed by atoms with Crippen LogP contribution in [0.3, 0.4) is 0 Å². The fourth-order valence-electron chi connectivity index (χ4n) is 4.46. The molecule has 3 aromatic carbocycles. The molecule has 4 nitrogen and oxygen atoms in total. The second-order valence-electron chi connectivity index (χ2n) is 9.70. The summed E-state index contributed by atoms with van der Waals surface area (Å²) in [7, 11) is -2.55. The fourth-order valence-corrected chi connectivity index (χ4v) is 9.06. The topological polar surface area (TPSA) is 47.6 Å². The molecule has 0 spiro atoms. The van der Waals surface area contributed by atoms with E-state index >= 15 is 0 Å². The molecule has 0 radical (unpaired) electrons. The summed E-state index contributed by atoms with van der Waals surface area (Å²) >= 11 is 0. The van der Waals surface area contributed by atoms with Crippen molar-refractivity contribution in [1.82, 2.24) is 5.32 Å². The monoisotopic (exact) mass is 487 g/mol. The molecular formula is C30H37NO3Si. The van der Waals surface area contributed by atoms with E-state index in [2.05, 4.69) is 81.2 Å². The minimum Gasteiger partial charge on any atom is -0.445 e. The minimum absolute atomic E-state index is 0.0625. The number of amides is 1. The smallest absolute Gasteiger partial charge is 0.407 e. The van der Waals surface area contributed by atoms with Crippen molar-refractivity contribution in [3.05, 3.63) is 109 Å². The molecule has 0 fully saturated rings. The van der Waals surface area contributed by atoms with Crippen molar-refractivity contribution in [2.24, 2.45) is 0 Å². The number of ether oxygens (including phenoxy) is 1. The number of carbonyl (C=O) groups excluding carboxylic acids is 1. The molecule has 0 aliphatic carbocycles. The van der Waals surface area contributed by atoms with Crippen LogP contribution in [0.15, 0.2) is 104 Å². The maximum Gasteiger partial charge on any atom is 0.407 e. The van der Waals surface area contributed by atoms with Gasteiger partial charge in [-0.3, -0.25) is 0 Å². The molecule has 3 aromatic rings. The van der Waals surface area contributed by atoms with Gasteiger partial charge in [0.05, 0.1) is 6.04 Å². The number of nitrogens with one attached hydrogen (secondary N) is 1. The van der Waals surface area contributed by atoms with Gasteiger partial charge in [-0.2, -0.15) is 0 Å². The van der Waals surface area contributed by atoms with Crippen LogP contribution in [-0.4, -0.2) is 27.1 Å². The summed E-state index contributed by atoms with van der Waals surface area (Å²) in [5.74, 6) is 0. The lowest BCUT2D eigenvalue weighted by Gasteiger charge is -2.43. The van der Waals surface area contributed by atoms with Crippen molar-refractivity contribution >= 4 is 24.8 Å². The third-order valence-corrected chi connectivity index (χ3v) is 11.2. The van der Waals surface area contributed by atoms with E-state index in [1.54, 1.807) is 6.08 Å². The van der Waals surface area contributed by atoms with Crippen molar-refractivity contribution < 1.29 is 14.0 Å². The first-order valence-corrected chi connectivity index (χ1v) is 14.1. The Morgan fingerprint density at radius 3 is 1.91 bits per heavy atom. The van der Waals surface area contributed by atoms with Crippen LogP contribution in [0.4, 0.5) is 4.79 Å². The van der Waals surface area contributed by atoms with Crippen LogP contribution in [0.5, 0.6) is 0 Å². The number of rotatable bonds is 11. The molecule has 1 N–H and O–H groups in total. The van der Waals surface area contributed by atoms with E-state index in [1.807, 2.05) is 42.5 Å². The zero-order chi connectivity index (χ0) is 25.2. The highest BCUT2D eigenvalue weighted by atomic mass is 28.4. The second kappa shape index (κ2) is 12.5. The van der Waals surface area contributed by atoms with Crippen LogP contribution in [-0.2, 0) is 15.8 Å². The Hall–Kier alpha value is -3.15. The fraction of sp³-hybridized carbons (Fsp3) is 0.300. The van der Waals surface area contributed by atoms with Crippen LogP contribution >= 0.6 is 0 Å². The van der Waals surface area contributed by atoms with Gasteiger partial charge in [-0.25, -0.2) is 4.79 Å². The second-order valence-corrected chi connectivity index (χ2v) is 14.0. The van der Waals surface area contributed by atoms with Gasteiger partial charge in [0.2, 0.25) is 0 Å². The van der Waals surface area contributed by atoms with Gasteiger partial charge in [0.1, 0.15) is 6.61 Å². The summed E-state index contributed by atoms with van der Waals surface area (Å²) in [5.41, 5.74) is 0.955. The summed E-state index contributed by atoms with van der Waals surface area (Å²) in [6.45, 7) is 11.6. The molecule has 0 aromatic heterocycles. The lowest BCUT2D eigenvalue weighted by Crippen LogP contribution is -2.66. The predicted octanol–water partition coefficient (Wildman–Crippen LogP) is 5.82. The molecule has 0 saturated carbocycles. The zero-order valence-corrected chi connectivity index (χ0v) is 22.1. The molecule has 1 atom stereocenters. The lowest BCUT2D eigenvalue weighted by atomic mass is 10.1. The SMILES string of the molecule is C=C[C@@H](CCCO[Si](c1ccccc1)(c1ccccc1)C(C)(C)C)NC(=O)OCc1ccccc1. The van der Waals surface area contributed by atoms with Crippen molar-refractivity contribution in [1.29, 1.82) is 0 Å². The van der Waals surface area contributed by atoms with E-state index in [9.17, 15) is 4.79 Å². The quantitative estimate of drug-likeness (QED) is 0.210. The van der Waals surface area contributed by atoms with E-state index in [4.69, 9.17) is 9.16 Å². The molecule has 0 heterocycles. The standard InChI is InChI=1S/C30H37NO3Si/c1-5-26(31-29(32)33-24-25-16-9-6-10-17-25)18-15-23-34-35(30(2,3)4,27-19-11-7-12-20-27)28-21-13-8-14-22-28/h5-14,16-17,19-22,26H,1,15,18,23-24H2,2-4H3,(H,31,32)/t26-/m0/s1. The maximum atomic E-state index is 12.3. The molecular weight excluding hydrogens is 450 g/mol. The molecule has 0 bridgehead atoms. The number of hydrogen-bond donors (Lipinski definition) is 1. The predicted molar refractivity (Wildman–Crippen MR) is 147 cm³/mol. The normalized spacial score (nSPS) is 12.5. The highest BCUT2D eigenvalue weighted by Gasteiger charge is 2.49. The van der Waals surface area contributed by atoms with Gasteiger partial charge in [0.25, 0.3) is 8.32 Å². The van der Waals surface area contributed by atoms with E-state index < -0.39 is 14.4 Å². The third-order valence-electron chi connectivity index (χ3n) is 6.20. The van der Waals surface area contributed by atoms with Crippen LogP contribution in [0.25, 0.3) is 0 Å². The van der Waals surface area contributed by atoms with E-state index in [1.165, 1.54) is 10.4 Å². The maximum absolute atomic E-state index is 12.3. The Balaban J connectivity index is 1.63. The Bertz CT molecular complexity index is 1010. The van der Waals surface area contributed by atoms with Gasteiger partial charge in [-0.15, -0.1) is 6.58 Å². The Labute approximate surface area is 211 Å². The summed E-state index contributed by atoms with van der Waals surface area (Å²) in [5, 5.41) is 5.37. The molecule has 35 heavy (non-hydrogen) atoms.